The smallest absolute Gasteiger partial charge is 0.446 e. The van der Waals surface area contributed by atoms with Gasteiger partial charge in [-0.05, 0) is 34.1 Å². The molecule has 1 unspecified atom stereocenters. The lowest BCUT2D eigenvalue weighted by Crippen LogP contribution is -2.36. The lowest BCUT2D eigenvalue weighted by atomic mass is 10.1. The van der Waals surface area contributed by atoms with Crippen LogP contribution in [0.2, 0.25) is 5.02 Å². The SMILES string of the molecule is O=C(O)NC(C(=O)Nc1nonc1-c1noc(=O)n1-c1cccc(Cl)c1)c1ccccc1. The first-order valence-electron chi connectivity index (χ1n) is 8.97. The summed E-state index contributed by atoms with van der Waals surface area (Å²) in [6, 6.07) is 13.2. The van der Waals surface area contributed by atoms with Crippen LogP contribution in [0.4, 0.5) is 10.6 Å². The average Bonchev–Trinajstić information content (AvgIpc) is 3.38. The molecule has 13 heteroatoms. The van der Waals surface area contributed by atoms with Gasteiger partial charge in [-0.15, -0.1) is 0 Å². The molecule has 2 heterocycles. The lowest BCUT2D eigenvalue weighted by molar-refractivity contribution is -0.118. The van der Waals surface area contributed by atoms with E-state index in [1.165, 1.54) is 6.07 Å². The van der Waals surface area contributed by atoms with E-state index < -0.39 is 23.8 Å². The van der Waals surface area contributed by atoms with E-state index in [1.807, 2.05) is 0 Å². The lowest BCUT2D eigenvalue weighted by Gasteiger charge is -2.16. The summed E-state index contributed by atoms with van der Waals surface area (Å²) in [6.45, 7) is 0. The number of nitrogens with one attached hydrogen (secondary N) is 2. The molecule has 2 aromatic heterocycles. The van der Waals surface area contributed by atoms with E-state index in [4.69, 9.17) is 25.9 Å². The molecule has 2 amide bonds. The molecule has 3 N–H and O–H groups in total. The maximum absolute atomic E-state index is 12.9. The fourth-order valence-electron chi connectivity index (χ4n) is 2.92. The van der Waals surface area contributed by atoms with Crippen molar-refractivity contribution in [2.24, 2.45) is 0 Å². The van der Waals surface area contributed by atoms with Gasteiger partial charge in [0, 0.05) is 5.02 Å². The van der Waals surface area contributed by atoms with Gasteiger partial charge in [0.1, 0.15) is 6.04 Å². The second kappa shape index (κ2) is 8.73. The zero-order valence-corrected chi connectivity index (χ0v) is 16.7. The molecule has 32 heavy (non-hydrogen) atoms. The van der Waals surface area contributed by atoms with Crippen molar-refractivity contribution in [1.82, 2.24) is 25.4 Å². The molecule has 0 radical (unpaired) electrons. The number of carboxylic acid groups (broad SMARTS) is 1. The van der Waals surface area contributed by atoms with E-state index >= 15 is 0 Å². The van der Waals surface area contributed by atoms with Crippen LogP contribution in [0, 0.1) is 0 Å². The fourth-order valence-corrected chi connectivity index (χ4v) is 3.10. The largest absolute Gasteiger partial charge is 0.465 e. The zero-order chi connectivity index (χ0) is 22.7. The Hall–Kier alpha value is -4.45. The van der Waals surface area contributed by atoms with Crippen molar-refractivity contribution in [3.63, 3.8) is 0 Å². The number of amides is 2. The van der Waals surface area contributed by atoms with Crippen LogP contribution in [0.15, 0.2) is 68.5 Å². The number of carbonyl (C=O) groups excluding carboxylic acids is 1. The minimum Gasteiger partial charge on any atom is -0.465 e. The van der Waals surface area contributed by atoms with E-state index in [1.54, 1.807) is 48.5 Å². The summed E-state index contributed by atoms with van der Waals surface area (Å²) in [5.74, 6) is -1.92. The van der Waals surface area contributed by atoms with Crippen molar-refractivity contribution in [2.45, 2.75) is 6.04 Å². The van der Waals surface area contributed by atoms with Gasteiger partial charge in [-0.3, -0.25) is 9.32 Å². The highest BCUT2D eigenvalue weighted by Crippen LogP contribution is 2.26. The van der Waals surface area contributed by atoms with E-state index in [-0.39, 0.29) is 17.3 Å². The van der Waals surface area contributed by atoms with E-state index in [0.29, 0.717) is 16.3 Å². The Labute approximate surface area is 183 Å². The molecule has 0 fully saturated rings. The molecular weight excluding hydrogens is 444 g/mol. The Morgan fingerprint density at radius 1 is 1.06 bits per heavy atom. The van der Waals surface area contributed by atoms with Crippen LogP contribution in [0.5, 0.6) is 0 Å². The molecule has 0 aliphatic rings. The standard InChI is InChI=1S/C19H13ClN6O6/c20-11-7-4-8-12(9-11)26-16(25-31-19(26)30)14-15(24-32-23-14)22-17(27)13(21-18(28)29)10-5-2-1-3-6-10/h1-9,13,21H,(H,28,29)(H,22,24,27). The Morgan fingerprint density at radius 2 is 1.84 bits per heavy atom. The number of hydrogen-bond acceptors (Lipinski definition) is 8. The molecule has 2 aromatic carbocycles. The molecule has 1 atom stereocenters. The molecule has 162 valence electrons. The van der Waals surface area contributed by atoms with Crippen LogP contribution in [0.1, 0.15) is 11.6 Å². The van der Waals surface area contributed by atoms with Gasteiger partial charge in [0.25, 0.3) is 5.91 Å². The number of hydrogen-bond donors (Lipinski definition) is 3. The van der Waals surface area contributed by atoms with Crippen LogP contribution in [-0.2, 0) is 4.79 Å². The molecule has 0 bridgehead atoms. The molecule has 4 aromatic rings. The summed E-state index contributed by atoms with van der Waals surface area (Å²) in [6.07, 6.45) is -1.40. The highest BCUT2D eigenvalue weighted by molar-refractivity contribution is 6.30. The fraction of sp³-hybridized carbons (Fsp3) is 0.0526. The Kier molecular flexibility index (Phi) is 5.68. The second-order valence-corrected chi connectivity index (χ2v) is 6.77. The third kappa shape index (κ3) is 4.20. The molecule has 4 rings (SSSR count). The number of anilines is 1. The summed E-state index contributed by atoms with van der Waals surface area (Å²) in [5, 5.41) is 25.1. The van der Waals surface area contributed by atoms with Gasteiger partial charge in [-0.2, -0.15) is 0 Å². The van der Waals surface area contributed by atoms with Crippen LogP contribution in [0.3, 0.4) is 0 Å². The summed E-state index contributed by atoms with van der Waals surface area (Å²) >= 11 is 6.00. The van der Waals surface area contributed by atoms with E-state index in [0.717, 1.165) is 4.57 Å². The maximum atomic E-state index is 12.9. The van der Waals surface area contributed by atoms with Crippen molar-refractivity contribution in [3.05, 3.63) is 75.7 Å². The van der Waals surface area contributed by atoms with Gasteiger partial charge in [0.05, 0.1) is 5.69 Å². The molecule has 0 aliphatic heterocycles. The van der Waals surface area contributed by atoms with Gasteiger partial charge < -0.3 is 15.7 Å². The first kappa shape index (κ1) is 20.8. The molecule has 0 saturated carbocycles. The van der Waals surface area contributed by atoms with Crippen LogP contribution >= 0.6 is 11.6 Å². The van der Waals surface area contributed by atoms with Crippen LogP contribution < -0.4 is 16.4 Å². The summed E-state index contributed by atoms with van der Waals surface area (Å²) in [7, 11) is 0. The molecule has 0 spiro atoms. The van der Waals surface area contributed by atoms with E-state index in [2.05, 4.69) is 26.1 Å². The molecule has 0 aliphatic carbocycles. The second-order valence-electron chi connectivity index (χ2n) is 6.33. The normalized spacial score (nSPS) is 11.7. The maximum Gasteiger partial charge on any atom is 0.446 e. The van der Waals surface area contributed by atoms with Crippen molar-refractivity contribution >= 4 is 29.4 Å². The van der Waals surface area contributed by atoms with Crippen molar-refractivity contribution < 1.29 is 23.8 Å². The number of rotatable bonds is 6. The van der Waals surface area contributed by atoms with Crippen LogP contribution in [0.25, 0.3) is 17.2 Å². The van der Waals surface area contributed by atoms with Crippen LogP contribution in [-0.4, -0.2) is 37.1 Å². The van der Waals surface area contributed by atoms with Gasteiger partial charge >= 0.3 is 11.8 Å². The van der Waals surface area contributed by atoms with Gasteiger partial charge in [-0.1, -0.05) is 53.2 Å². The van der Waals surface area contributed by atoms with Gasteiger partial charge in [0.15, 0.2) is 5.69 Å². The minimum atomic E-state index is -1.40. The quantitative estimate of drug-likeness (QED) is 0.395. The highest BCUT2D eigenvalue weighted by atomic mass is 35.5. The number of halogens is 1. The Balaban J connectivity index is 1.69. The highest BCUT2D eigenvalue weighted by Gasteiger charge is 2.28. The van der Waals surface area contributed by atoms with Crippen molar-refractivity contribution in [1.29, 1.82) is 0 Å². The minimum absolute atomic E-state index is 0.115. The van der Waals surface area contributed by atoms with Gasteiger partial charge in [0.2, 0.25) is 11.6 Å². The Morgan fingerprint density at radius 3 is 2.56 bits per heavy atom. The Bertz CT molecular complexity index is 1330. The third-order valence-corrected chi connectivity index (χ3v) is 4.51. The molecular formula is C19H13ClN6O6. The van der Waals surface area contributed by atoms with Crippen molar-refractivity contribution in [3.8, 4) is 17.2 Å². The molecule has 12 nitrogen and oxygen atoms in total. The topological polar surface area (TPSA) is 165 Å². The number of aromatic nitrogens is 4. The molecule has 0 saturated heterocycles. The predicted molar refractivity (Wildman–Crippen MR) is 109 cm³/mol. The zero-order valence-electron chi connectivity index (χ0n) is 15.9. The summed E-state index contributed by atoms with van der Waals surface area (Å²) < 4.78 is 10.5. The number of nitrogens with zero attached hydrogens (tertiary/aromatic N) is 4. The number of benzene rings is 2. The predicted octanol–water partition coefficient (Wildman–Crippen LogP) is 2.48. The summed E-state index contributed by atoms with van der Waals surface area (Å²) in [4.78, 5) is 36.3. The first-order valence-corrected chi connectivity index (χ1v) is 9.34. The van der Waals surface area contributed by atoms with E-state index in [9.17, 15) is 14.4 Å². The van der Waals surface area contributed by atoms with Crippen molar-refractivity contribution in [2.75, 3.05) is 5.32 Å². The monoisotopic (exact) mass is 456 g/mol. The van der Waals surface area contributed by atoms with Gasteiger partial charge in [-0.25, -0.2) is 18.8 Å². The average molecular weight is 457 g/mol. The number of carbonyl (C=O) groups is 2. The summed E-state index contributed by atoms with van der Waals surface area (Å²) in [5.41, 5.74) is 0.600. The first-order chi connectivity index (χ1) is 15.4. The third-order valence-electron chi connectivity index (χ3n) is 4.28.